The van der Waals surface area contributed by atoms with Gasteiger partial charge in [0.2, 0.25) is 0 Å². The number of rotatable bonds is 5. The molecule has 0 N–H and O–H groups in total. The molecule has 0 saturated carbocycles. The summed E-state index contributed by atoms with van der Waals surface area (Å²) in [7, 11) is 0. The topological polar surface area (TPSA) is 26.3 Å². The van der Waals surface area contributed by atoms with E-state index in [0.29, 0.717) is 11.8 Å². The first-order valence-electron chi connectivity index (χ1n) is 21.4. The molecule has 2 aromatic heterocycles. The summed E-state index contributed by atoms with van der Waals surface area (Å²) in [6.07, 6.45) is 6.18. The molecule has 2 heterocycles. The van der Waals surface area contributed by atoms with Gasteiger partial charge in [0.15, 0.2) is 0 Å². The lowest BCUT2D eigenvalue weighted by Gasteiger charge is -2.34. The van der Waals surface area contributed by atoms with Crippen LogP contribution in [0.1, 0.15) is 74.8 Å². The van der Waals surface area contributed by atoms with E-state index < -0.39 is 0 Å². The second kappa shape index (κ2) is 13.6. The number of hydrogen-bond acceptors (Lipinski definition) is 2. The van der Waals surface area contributed by atoms with Crippen LogP contribution >= 0.6 is 0 Å². The maximum atomic E-state index is 6.58. The van der Waals surface area contributed by atoms with Gasteiger partial charge in [0, 0.05) is 44.9 Å². The Kier molecular flexibility index (Phi) is 8.24. The van der Waals surface area contributed by atoms with E-state index in [2.05, 4.69) is 198 Å². The summed E-state index contributed by atoms with van der Waals surface area (Å²) in [6.45, 7) is 11.9. The van der Waals surface area contributed by atoms with Gasteiger partial charge in [0.05, 0.1) is 0 Å². The van der Waals surface area contributed by atoms with Crippen molar-refractivity contribution in [3.05, 3.63) is 192 Å². The molecule has 7 aromatic carbocycles. The van der Waals surface area contributed by atoms with E-state index in [1.165, 1.54) is 61.2 Å². The zero-order chi connectivity index (χ0) is 40.0. The first-order valence-corrected chi connectivity index (χ1v) is 21.4. The van der Waals surface area contributed by atoms with Crippen LogP contribution in [0.25, 0.3) is 77.3 Å². The van der Waals surface area contributed by atoms with E-state index in [-0.39, 0.29) is 17.3 Å². The van der Waals surface area contributed by atoms with Crippen molar-refractivity contribution in [3.8, 4) is 22.3 Å². The molecule has 0 bridgehead atoms. The molecule has 0 saturated heterocycles. The van der Waals surface area contributed by atoms with E-state index >= 15 is 0 Å². The molecule has 2 nitrogen and oxygen atoms in total. The van der Waals surface area contributed by atoms with Gasteiger partial charge in [0.25, 0.3) is 0 Å². The van der Waals surface area contributed by atoms with Crippen LogP contribution in [0.5, 0.6) is 0 Å². The zero-order valence-corrected chi connectivity index (χ0v) is 34.4. The minimum Gasteiger partial charge on any atom is -0.456 e. The lowest BCUT2D eigenvalue weighted by atomic mass is 9.70. The maximum Gasteiger partial charge on any atom is 0.139 e. The van der Waals surface area contributed by atoms with Crippen molar-refractivity contribution >= 4 is 55.0 Å². The number of benzene rings is 7. The molecule has 9 aromatic rings. The molecular formula is C57H48O2. The van der Waals surface area contributed by atoms with Crippen molar-refractivity contribution < 1.29 is 8.83 Å². The Balaban J connectivity index is 1.03. The minimum atomic E-state index is -0.0506. The molecule has 3 unspecified atom stereocenters. The predicted molar refractivity (Wildman–Crippen MR) is 248 cm³/mol. The zero-order valence-electron chi connectivity index (χ0n) is 34.4. The van der Waals surface area contributed by atoms with Gasteiger partial charge in [-0.15, -0.1) is 0 Å². The van der Waals surface area contributed by atoms with E-state index in [9.17, 15) is 0 Å². The van der Waals surface area contributed by atoms with Crippen LogP contribution in [0.3, 0.4) is 0 Å². The number of hydrogen-bond donors (Lipinski definition) is 0. The fourth-order valence-corrected chi connectivity index (χ4v) is 10.5. The molecule has 4 atom stereocenters. The average Bonchev–Trinajstić information content (AvgIpc) is 3.89. The molecule has 0 amide bonds. The van der Waals surface area contributed by atoms with Gasteiger partial charge < -0.3 is 8.83 Å². The standard InChI is InChI=1S/C57H48O2/c1-6-36-27-44(34(2)35(3)45(37-15-9-7-10-16-37)31-46(36)38-17-11-8-12-18-38)41-23-26-54-48(29-41)50-32-49-47-28-39(22-25-53(47)58-55(49)33-56(50)59-54)40-21-24-43-42-19-13-14-20-51(42)57(4,5)52(43)30-40/h7-36,45H,6H2,1-5H3/b44-27+,46-31+/t34?,35?,36?,45-/m0/s1. The normalized spacial score (nSPS) is 21.8. The quantitative estimate of drug-likeness (QED) is 0.174. The van der Waals surface area contributed by atoms with Crippen LogP contribution in [-0.2, 0) is 5.41 Å². The van der Waals surface area contributed by atoms with Crippen LogP contribution in [0.15, 0.2) is 173 Å². The van der Waals surface area contributed by atoms with Gasteiger partial charge in [-0.3, -0.25) is 0 Å². The molecular weight excluding hydrogens is 717 g/mol. The highest BCUT2D eigenvalue weighted by Crippen LogP contribution is 2.50. The number of furan rings is 2. The monoisotopic (exact) mass is 764 g/mol. The van der Waals surface area contributed by atoms with E-state index in [0.717, 1.165) is 50.3 Å². The molecule has 288 valence electrons. The predicted octanol–water partition coefficient (Wildman–Crippen LogP) is 16.0. The summed E-state index contributed by atoms with van der Waals surface area (Å²) < 4.78 is 13.1. The molecule has 11 rings (SSSR count). The number of allylic oxidation sites excluding steroid dienone is 4. The summed E-state index contributed by atoms with van der Waals surface area (Å²) >= 11 is 0. The highest BCUT2D eigenvalue weighted by Gasteiger charge is 2.35. The largest absolute Gasteiger partial charge is 0.456 e. The molecule has 2 aliphatic rings. The Morgan fingerprint density at radius 2 is 1.05 bits per heavy atom. The summed E-state index contributed by atoms with van der Waals surface area (Å²) in [6, 6.07) is 55.8. The SMILES string of the molecule is CCC1/C=C(/c2ccc3oc4cc5oc6ccc(-c7ccc8c(c7)C(C)(C)c7ccccc7-8)cc6c5cc4c3c2)C(C)C(C)[C@@H](c2ccccc2)/C=C\1c1ccccc1. The highest BCUT2D eigenvalue weighted by atomic mass is 16.3. The van der Waals surface area contributed by atoms with E-state index in [1.807, 2.05) is 0 Å². The highest BCUT2D eigenvalue weighted by molar-refractivity contribution is 6.16. The average molecular weight is 765 g/mol. The summed E-state index contributed by atoms with van der Waals surface area (Å²) in [5.74, 6) is 1.25. The third-order valence-electron chi connectivity index (χ3n) is 14.0. The first kappa shape index (κ1) is 35.8. The summed E-state index contributed by atoms with van der Waals surface area (Å²) in [5.41, 5.74) is 18.1. The van der Waals surface area contributed by atoms with Gasteiger partial charge >= 0.3 is 0 Å². The second-order valence-electron chi connectivity index (χ2n) is 17.6. The van der Waals surface area contributed by atoms with Crippen molar-refractivity contribution in [3.63, 3.8) is 0 Å². The Hall–Kier alpha value is -6.38. The first-order chi connectivity index (χ1) is 28.8. The van der Waals surface area contributed by atoms with Crippen molar-refractivity contribution in [2.45, 2.75) is 52.4 Å². The molecule has 59 heavy (non-hydrogen) atoms. The molecule has 2 aliphatic carbocycles. The Morgan fingerprint density at radius 3 is 1.76 bits per heavy atom. The molecule has 0 radical (unpaired) electrons. The van der Waals surface area contributed by atoms with Crippen LogP contribution < -0.4 is 0 Å². The van der Waals surface area contributed by atoms with Gasteiger partial charge in [-0.05, 0) is 116 Å². The molecule has 0 fully saturated rings. The van der Waals surface area contributed by atoms with Crippen molar-refractivity contribution in [2.75, 3.05) is 0 Å². The Morgan fingerprint density at radius 1 is 0.475 bits per heavy atom. The molecule has 0 spiro atoms. The lowest BCUT2D eigenvalue weighted by Crippen LogP contribution is -2.21. The molecule has 2 heteroatoms. The second-order valence-corrected chi connectivity index (χ2v) is 17.6. The smallest absolute Gasteiger partial charge is 0.139 e. The van der Waals surface area contributed by atoms with Crippen LogP contribution in [-0.4, -0.2) is 0 Å². The van der Waals surface area contributed by atoms with Crippen molar-refractivity contribution in [1.29, 1.82) is 0 Å². The summed E-state index contributed by atoms with van der Waals surface area (Å²) in [4.78, 5) is 0. The third-order valence-corrected chi connectivity index (χ3v) is 14.0. The van der Waals surface area contributed by atoms with E-state index in [4.69, 9.17) is 8.83 Å². The third kappa shape index (κ3) is 5.68. The van der Waals surface area contributed by atoms with Crippen molar-refractivity contribution in [2.24, 2.45) is 17.8 Å². The summed E-state index contributed by atoms with van der Waals surface area (Å²) in [5, 5.41) is 4.49. The maximum absolute atomic E-state index is 6.58. The Bertz CT molecular complexity index is 3150. The lowest BCUT2D eigenvalue weighted by molar-refractivity contribution is 0.425. The van der Waals surface area contributed by atoms with Crippen LogP contribution in [0.4, 0.5) is 0 Å². The number of fused-ring (bicyclic) bond motifs is 9. The van der Waals surface area contributed by atoms with Gasteiger partial charge in [-0.2, -0.15) is 0 Å². The fraction of sp³-hybridized carbons (Fsp3) is 0.193. The van der Waals surface area contributed by atoms with Gasteiger partial charge in [0.1, 0.15) is 22.3 Å². The minimum absolute atomic E-state index is 0.0506. The van der Waals surface area contributed by atoms with E-state index in [1.54, 1.807) is 0 Å². The van der Waals surface area contributed by atoms with Crippen LogP contribution in [0, 0.1) is 17.8 Å². The van der Waals surface area contributed by atoms with Crippen molar-refractivity contribution in [1.82, 2.24) is 0 Å². The Labute approximate surface area is 346 Å². The fourth-order valence-electron chi connectivity index (χ4n) is 10.5. The molecule has 0 aliphatic heterocycles. The van der Waals surface area contributed by atoms with Gasteiger partial charge in [-0.25, -0.2) is 0 Å². The van der Waals surface area contributed by atoms with Crippen LogP contribution in [0.2, 0.25) is 0 Å². The van der Waals surface area contributed by atoms with Gasteiger partial charge in [-0.1, -0.05) is 156 Å².